The topological polar surface area (TPSA) is 78.9 Å². The molecule has 0 aliphatic carbocycles. The monoisotopic (exact) mass is 534 g/mol. The van der Waals surface area contributed by atoms with Crippen molar-refractivity contribution in [3.05, 3.63) is 72.4 Å². The van der Waals surface area contributed by atoms with E-state index in [9.17, 15) is 4.79 Å². The van der Waals surface area contributed by atoms with E-state index in [1.165, 1.54) is 6.26 Å². The highest BCUT2D eigenvalue weighted by Gasteiger charge is 2.25. The van der Waals surface area contributed by atoms with E-state index in [2.05, 4.69) is 22.2 Å². The summed E-state index contributed by atoms with van der Waals surface area (Å²) in [7, 11) is 0. The van der Waals surface area contributed by atoms with E-state index in [-0.39, 0.29) is 29.9 Å². The number of para-hydroxylation sites is 1. The molecule has 2 aromatic heterocycles. The van der Waals surface area contributed by atoms with Crippen LogP contribution >= 0.6 is 24.0 Å². The standard InChI is InChI=1S/C22H26N6O2.HI/c1-2-23-22(24-17-18-10-11-28(25-18)19-7-4-3-5-8-19)27-14-12-26(13-15-27)21(29)20-9-6-16-30-20;/h3-11,16H,2,12-15,17H2,1H3,(H,23,24);1H. The van der Waals surface area contributed by atoms with Gasteiger partial charge in [-0.05, 0) is 37.3 Å². The third kappa shape index (κ3) is 5.66. The Morgan fingerprint density at radius 3 is 2.48 bits per heavy atom. The zero-order valence-corrected chi connectivity index (χ0v) is 19.8. The first-order valence-electron chi connectivity index (χ1n) is 10.2. The molecular weight excluding hydrogens is 507 g/mol. The van der Waals surface area contributed by atoms with Crippen LogP contribution in [0.2, 0.25) is 0 Å². The van der Waals surface area contributed by atoms with E-state index in [1.807, 2.05) is 52.2 Å². The first kappa shape index (κ1) is 22.9. The number of halogens is 1. The van der Waals surface area contributed by atoms with Crippen molar-refractivity contribution in [2.45, 2.75) is 13.5 Å². The Hall–Kier alpha value is -2.82. The molecule has 0 bridgehead atoms. The second-order valence-electron chi connectivity index (χ2n) is 7.01. The van der Waals surface area contributed by atoms with E-state index >= 15 is 0 Å². The molecule has 1 fully saturated rings. The Morgan fingerprint density at radius 2 is 1.81 bits per heavy atom. The van der Waals surface area contributed by atoms with Gasteiger partial charge < -0.3 is 19.5 Å². The first-order valence-corrected chi connectivity index (χ1v) is 10.2. The predicted molar refractivity (Wildman–Crippen MR) is 130 cm³/mol. The van der Waals surface area contributed by atoms with Gasteiger partial charge in [0.1, 0.15) is 0 Å². The number of furan rings is 1. The molecular formula is C22H27IN6O2. The lowest BCUT2D eigenvalue weighted by molar-refractivity contribution is 0.0657. The van der Waals surface area contributed by atoms with Crippen LogP contribution in [0.25, 0.3) is 5.69 Å². The fraction of sp³-hybridized carbons (Fsp3) is 0.318. The number of carbonyl (C=O) groups is 1. The summed E-state index contributed by atoms with van der Waals surface area (Å²) in [5.74, 6) is 1.17. The van der Waals surface area contributed by atoms with Crippen molar-refractivity contribution >= 4 is 35.8 Å². The predicted octanol–water partition coefficient (Wildman–Crippen LogP) is 3.01. The molecule has 3 aromatic rings. The van der Waals surface area contributed by atoms with E-state index in [1.54, 1.807) is 12.1 Å². The highest BCUT2D eigenvalue weighted by molar-refractivity contribution is 14.0. The Morgan fingerprint density at radius 1 is 1.06 bits per heavy atom. The summed E-state index contributed by atoms with van der Waals surface area (Å²) in [6.45, 7) is 6.03. The van der Waals surface area contributed by atoms with Gasteiger partial charge in [-0.3, -0.25) is 4.79 Å². The summed E-state index contributed by atoms with van der Waals surface area (Å²) in [6, 6.07) is 15.4. The van der Waals surface area contributed by atoms with Gasteiger partial charge in [0.05, 0.1) is 24.2 Å². The number of hydrogen-bond acceptors (Lipinski definition) is 4. The van der Waals surface area contributed by atoms with Crippen molar-refractivity contribution in [2.75, 3.05) is 32.7 Å². The molecule has 1 amide bonds. The smallest absolute Gasteiger partial charge is 0.289 e. The molecule has 0 spiro atoms. The van der Waals surface area contributed by atoms with Gasteiger partial charge in [-0.1, -0.05) is 18.2 Å². The van der Waals surface area contributed by atoms with E-state index in [4.69, 9.17) is 9.41 Å². The number of amides is 1. The molecule has 0 radical (unpaired) electrons. The van der Waals surface area contributed by atoms with Crippen molar-refractivity contribution in [3.63, 3.8) is 0 Å². The van der Waals surface area contributed by atoms with Crippen molar-refractivity contribution in [3.8, 4) is 5.69 Å². The van der Waals surface area contributed by atoms with Crippen LogP contribution in [0.1, 0.15) is 23.2 Å². The third-order valence-corrected chi connectivity index (χ3v) is 4.99. The van der Waals surface area contributed by atoms with Crippen LogP contribution in [0.5, 0.6) is 0 Å². The maximum Gasteiger partial charge on any atom is 0.289 e. The average Bonchev–Trinajstić information content (AvgIpc) is 3.49. The molecule has 4 rings (SSSR count). The van der Waals surface area contributed by atoms with Crippen molar-refractivity contribution in [1.82, 2.24) is 24.9 Å². The molecule has 164 valence electrons. The SMILES string of the molecule is CCNC(=NCc1ccn(-c2ccccc2)n1)N1CCN(C(=O)c2ccco2)CC1.I. The number of hydrogen-bond donors (Lipinski definition) is 1. The molecule has 8 nitrogen and oxygen atoms in total. The van der Waals surface area contributed by atoms with Crippen LogP contribution in [0.15, 0.2) is 70.4 Å². The molecule has 31 heavy (non-hydrogen) atoms. The molecule has 0 atom stereocenters. The summed E-state index contributed by atoms with van der Waals surface area (Å²) in [4.78, 5) is 21.2. The molecule has 0 saturated carbocycles. The fourth-order valence-electron chi connectivity index (χ4n) is 3.43. The summed E-state index contributed by atoms with van der Waals surface area (Å²) in [5, 5.41) is 7.97. The van der Waals surface area contributed by atoms with Gasteiger partial charge in [-0.25, -0.2) is 9.67 Å². The van der Waals surface area contributed by atoms with Crippen LogP contribution < -0.4 is 5.32 Å². The second kappa shape index (κ2) is 11.0. The van der Waals surface area contributed by atoms with Crippen LogP contribution in [-0.4, -0.2) is 64.2 Å². The zero-order valence-electron chi connectivity index (χ0n) is 17.5. The third-order valence-electron chi connectivity index (χ3n) is 4.99. The summed E-state index contributed by atoms with van der Waals surface area (Å²) in [5.41, 5.74) is 1.93. The number of guanidine groups is 1. The minimum Gasteiger partial charge on any atom is -0.459 e. The Labute approximate surface area is 198 Å². The van der Waals surface area contributed by atoms with Gasteiger partial charge in [-0.15, -0.1) is 24.0 Å². The Kier molecular flexibility index (Phi) is 8.10. The van der Waals surface area contributed by atoms with E-state index in [0.29, 0.717) is 25.4 Å². The van der Waals surface area contributed by atoms with Gasteiger partial charge in [0.15, 0.2) is 11.7 Å². The highest BCUT2D eigenvalue weighted by atomic mass is 127. The lowest BCUT2D eigenvalue weighted by atomic mass is 10.3. The van der Waals surface area contributed by atoms with Crippen molar-refractivity contribution < 1.29 is 9.21 Å². The molecule has 3 heterocycles. The normalized spacial score (nSPS) is 14.3. The first-order chi connectivity index (χ1) is 14.7. The zero-order chi connectivity index (χ0) is 20.8. The van der Waals surface area contributed by atoms with Crippen LogP contribution in [0.4, 0.5) is 0 Å². The van der Waals surface area contributed by atoms with Crippen LogP contribution in [0, 0.1) is 0 Å². The van der Waals surface area contributed by atoms with Crippen LogP contribution in [0.3, 0.4) is 0 Å². The Bertz CT molecular complexity index is 979. The van der Waals surface area contributed by atoms with Gasteiger partial charge in [-0.2, -0.15) is 5.10 Å². The fourth-order valence-corrected chi connectivity index (χ4v) is 3.43. The Balaban J connectivity index is 0.00000272. The van der Waals surface area contributed by atoms with Crippen molar-refractivity contribution in [2.24, 2.45) is 4.99 Å². The number of aromatic nitrogens is 2. The highest BCUT2D eigenvalue weighted by Crippen LogP contribution is 2.11. The molecule has 0 unspecified atom stereocenters. The number of benzene rings is 1. The number of nitrogens with one attached hydrogen (secondary N) is 1. The molecule has 1 aliphatic rings. The number of piperazine rings is 1. The number of aliphatic imine (C=N–C) groups is 1. The van der Waals surface area contributed by atoms with Crippen molar-refractivity contribution in [1.29, 1.82) is 0 Å². The lowest BCUT2D eigenvalue weighted by Gasteiger charge is -2.36. The summed E-state index contributed by atoms with van der Waals surface area (Å²) >= 11 is 0. The van der Waals surface area contributed by atoms with E-state index < -0.39 is 0 Å². The summed E-state index contributed by atoms with van der Waals surface area (Å²) < 4.78 is 7.09. The average molecular weight is 534 g/mol. The number of rotatable bonds is 5. The maximum atomic E-state index is 12.5. The van der Waals surface area contributed by atoms with Crippen LogP contribution in [-0.2, 0) is 6.54 Å². The summed E-state index contributed by atoms with van der Waals surface area (Å²) in [6.07, 6.45) is 3.48. The molecule has 1 aromatic carbocycles. The quantitative estimate of drug-likeness (QED) is 0.310. The van der Waals surface area contributed by atoms with Gasteiger partial charge in [0.2, 0.25) is 0 Å². The number of nitrogens with zero attached hydrogens (tertiary/aromatic N) is 5. The maximum absolute atomic E-state index is 12.5. The minimum absolute atomic E-state index is 0. The molecule has 1 N–H and O–H groups in total. The minimum atomic E-state index is -0.0620. The van der Waals surface area contributed by atoms with E-state index in [0.717, 1.165) is 37.0 Å². The van der Waals surface area contributed by atoms with Gasteiger partial charge >= 0.3 is 0 Å². The second-order valence-corrected chi connectivity index (χ2v) is 7.01. The van der Waals surface area contributed by atoms with Gasteiger partial charge in [0.25, 0.3) is 5.91 Å². The number of carbonyl (C=O) groups excluding carboxylic acids is 1. The van der Waals surface area contributed by atoms with Gasteiger partial charge in [0, 0.05) is 38.9 Å². The largest absolute Gasteiger partial charge is 0.459 e. The lowest BCUT2D eigenvalue weighted by Crippen LogP contribution is -2.53. The molecule has 1 aliphatic heterocycles. The molecule has 9 heteroatoms. The molecule has 1 saturated heterocycles.